The number of methoxy groups -OCH3 is 2. The average molecular weight is 398 g/mol. The molecule has 27 heavy (non-hydrogen) atoms. The molecular formula is C18H26N2O6S. The summed E-state index contributed by atoms with van der Waals surface area (Å²) in [6.45, 7) is 7.77. The van der Waals surface area contributed by atoms with Gasteiger partial charge in [0, 0.05) is 23.7 Å². The molecule has 0 aromatic carbocycles. The molecule has 0 radical (unpaired) electrons. The van der Waals surface area contributed by atoms with Crippen molar-refractivity contribution in [3.05, 3.63) is 29.1 Å². The molecule has 150 valence electrons. The van der Waals surface area contributed by atoms with Crippen LogP contribution < -0.4 is 5.32 Å². The fourth-order valence-electron chi connectivity index (χ4n) is 2.03. The Kier molecular flexibility index (Phi) is 8.55. The van der Waals surface area contributed by atoms with Crippen LogP contribution in [-0.2, 0) is 14.2 Å². The second-order valence-corrected chi connectivity index (χ2v) is 8.04. The molecule has 0 saturated carbocycles. The second kappa shape index (κ2) is 10.1. The number of nitrogens with zero attached hydrogens (tertiary/aromatic N) is 1. The van der Waals surface area contributed by atoms with E-state index in [1.165, 1.54) is 20.4 Å². The Labute approximate surface area is 163 Å². The summed E-state index contributed by atoms with van der Waals surface area (Å²) in [5.74, 6) is -0.732. The number of alkyl carbamates (subject to hydrolysis) is 1. The SMILES string of the molecule is COC(=O)c1cc(C(C)SCCNC(=O)OC(C)(C)C)cnc1C(=O)OC. The number of ether oxygens (including phenoxy) is 3. The molecule has 1 unspecified atom stereocenters. The minimum Gasteiger partial charge on any atom is -0.465 e. The summed E-state index contributed by atoms with van der Waals surface area (Å²) < 4.78 is 14.5. The number of aromatic nitrogens is 1. The van der Waals surface area contributed by atoms with Gasteiger partial charge >= 0.3 is 18.0 Å². The van der Waals surface area contributed by atoms with E-state index in [-0.39, 0.29) is 16.5 Å². The molecule has 1 aromatic heterocycles. The molecule has 1 aromatic rings. The van der Waals surface area contributed by atoms with E-state index < -0.39 is 23.6 Å². The van der Waals surface area contributed by atoms with Crippen molar-refractivity contribution in [2.75, 3.05) is 26.5 Å². The second-order valence-electron chi connectivity index (χ2n) is 6.59. The van der Waals surface area contributed by atoms with E-state index in [0.717, 1.165) is 5.56 Å². The van der Waals surface area contributed by atoms with Crippen LogP contribution in [0.1, 0.15) is 59.4 Å². The number of rotatable bonds is 7. The first-order chi connectivity index (χ1) is 12.6. The number of carbonyl (C=O) groups excluding carboxylic acids is 3. The zero-order chi connectivity index (χ0) is 20.6. The van der Waals surface area contributed by atoms with Gasteiger partial charge in [0.2, 0.25) is 0 Å². The standard InChI is InChI=1S/C18H26N2O6S/c1-11(27-8-7-19-17(23)26-18(2,3)4)12-9-13(15(21)24-5)14(20-10-12)16(22)25-6/h9-11H,7-8H2,1-6H3,(H,19,23). The molecular weight excluding hydrogens is 372 g/mol. The monoisotopic (exact) mass is 398 g/mol. The Morgan fingerprint density at radius 2 is 1.81 bits per heavy atom. The van der Waals surface area contributed by atoms with Crippen molar-refractivity contribution in [2.45, 2.75) is 38.5 Å². The van der Waals surface area contributed by atoms with Crippen LogP contribution >= 0.6 is 11.8 Å². The van der Waals surface area contributed by atoms with E-state index in [2.05, 4.69) is 15.0 Å². The summed E-state index contributed by atoms with van der Waals surface area (Å²) in [5, 5.41) is 2.66. The van der Waals surface area contributed by atoms with E-state index in [9.17, 15) is 14.4 Å². The van der Waals surface area contributed by atoms with Crippen molar-refractivity contribution in [1.29, 1.82) is 0 Å². The third kappa shape index (κ3) is 7.46. The third-order valence-corrected chi connectivity index (χ3v) is 4.51. The van der Waals surface area contributed by atoms with E-state index >= 15 is 0 Å². The van der Waals surface area contributed by atoms with Crippen molar-refractivity contribution < 1.29 is 28.6 Å². The van der Waals surface area contributed by atoms with Gasteiger partial charge in [0.15, 0.2) is 5.69 Å². The molecule has 8 nitrogen and oxygen atoms in total. The maximum absolute atomic E-state index is 11.9. The molecule has 0 aliphatic rings. The van der Waals surface area contributed by atoms with Gasteiger partial charge in [-0.25, -0.2) is 19.4 Å². The summed E-state index contributed by atoms with van der Waals surface area (Å²) in [5.41, 5.74) is 0.186. The van der Waals surface area contributed by atoms with Crippen LogP contribution in [0.3, 0.4) is 0 Å². The first kappa shape index (κ1) is 22.8. The molecule has 0 aliphatic carbocycles. The minimum absolute atomic E-state index is 0.0203. The van der Waals surface area contributed by atoms with E-state index in [0.29, 0.717) is 12.3 Å². The van der Waals surface area contributed by atoms with Gasteiger partial charge in [0.05, 0.1) is 19.8 Å². The Morgan fingerprint density at radius 1 is 1.19 bits per heavy atom. The highest BCUT2D eigenvalue weighted by atomic mass is 32.2. The van der Waals surface area contributed by atoms with Crippen molar-refractivity contribution in [1.82, 2.24) is 10.3 Å². The first-order valence-corrected chi connectivity index (χ1v) is 9.39. The number of amides is 1. The Bertz CT molecular complexity index is 687. The molecule has 1 amide bonds. The predicted molar refractivity (Wildman–Crippen MR) is 102 cm³/mol. The van der Waals surface area contributed by atoms with Gasteiger partial charge in [-0.15, -0.1) is 0 Å². The lowest BCUT2D eigenvalue weighted by molar-refractivity contribution is 0.0529. The van der Waals surface area contributed by atoms with Gasteiger partial charge in [-0.2, -0.15) is 11.8 Å². The maximum Gasteiger partial charge on any atom is 0.407 e. The smallest absolute Gasteiger partial charge is 0.407 e. The van der Waals surface area contributed by atoms with Gasteiger partial charge in [-0.3, -0.25) is 0 Å². The molecule has 0 aliphatic heterocycles. The van der Waals surface area contributed by atoms with Crippen LogP contribution in [0, 0.1) is 0 Å². The zero-order valence-corrected chi connectivity index (χ0v) is 17.3. The largest absolute Gasteiger partial charge is 0.465 e. The normalized spacial score (nSPS) is 12.1. The van der Waals surface area contributed by atoms with Crippen LogP contribution in [0.4, 0.5) is 4.79 Å². The quantitative estimate of drug-likeness (QED) is 0.425. The molecule has 0 spiro atoms. The number of nitrogens with one attached hydrogen (secondary N) is 1. The first-order valence-electron chi connectivity index (χ1n) is 8.34. The summed E-state index contributed by atoms with van der Waals surface area (Å²) in [6, 6.07) is 1.57. The molecule has 1 heterocycles. The number of thioether (sulfide) groups is 1. The van der Waals surface area contributed by atoms with E-state index in [1.54, 1.807) is 38.6 Å². The third-order valence-electron chi connectivity index (χ3n) is 3.30. The fraction of sp³-hybridized carbons (Fsp3) is 0.556. The van der Waals surface area contributed by atoms with Gasteiger partial charge < -0.3 is 19.5 Å². The highest BCUT2D eigenvalue weighted by Crippen LogP contribution is 2.28. The van der Waals surface area contributed by atoms with Crippen molar-refractivity contribution in [3.63, 3.8) is 0 Å². The summed E-state index contributed by atoms with van der Waals surface area (Å²) in [6.07, 6.45) is 1.06. The maximum atomic E-state index is 11.9. The summed E-state index contributed by atoms with van der Waals surface area (Å²) in [7, 11) is 2.45. The number of carbonyl (C=O) groups is 3. The Morgan fingerprint density at radius 3 is 2.37 bits per heavy atom. The molecule has 9 heteroatoms. The Balaban J connectivity index is 2.70. The topological polar surface area (TPSA) is 104 Å². The van der Waals surface area contributed by atoms with Crippen molar-refractivity contribution >= 4 is 29.8 Å². The molecule has 1 N–H and O–H groups in total. The summed E-state index contributed by atoms with van der Waals surface area (Å²) in [4.78, 5) is 39.4. The van der Waals surface area contributed by atoms with Crippen LogP contribution in [0.15, 0.2) is 12.3 Å². The highest BCUT2D eigenvalue weighted by molar-refractivity contribution is 7.99. The van der Waals surface area contributed by atoms with Gasteiger partial charge in [-0.1, -0.05) is 0 Å². The zero-order valence-electron chi connectivity index (χ0n) is 16.5. The number of hydrogen-bond donors (Lipinski definition) is 1. The molecule has 0 bridgehead atoms. The van der Waals surface area contributed by atoms with Crippen LogP contribution in [0.2, 0.25) is 0 Å². The fourth-order valence-corrected chi connectivity index (χ4v) is 2.92. The number of esters is 2. The minimum atomic E-state index is -0.705. The predicted octanol–water partition coefficient (Wildman–Crippen LogP) is 2.97. The Hall–Kier alpha value is -2.29. The van der Waals surface area contributed by atoms with E-state index in [4.69, 9.17) is 9.47 Å². The highest BCUT2D eigenvalue weighted by Gasteiger charge is 2.22. The van der Waals surface area contributed by atoms with Gasteiger partial charge in [0.25, 0.3) is 0 Å². The molecule has 0 saturated heterocycles. The molecule has 0 fully saturated rings. The van der Waals surface area contributed by atoms with Gasteiger partial charge in [0.1, 0.15) is 5.60 Å². The molecule has 1 rings (SSSR count). The van der Waals surface area contributed by atoms with Crippen LogP contribution in [0.25, 0.3) is 0 Å². The van der Waals surface area contributed by atoms with Crippen LogP contribution in [0.5, 0.6) is 0 Å². The van der Waals surface area contributed by atoms with E-state index in [1.807, 2.05) is 6.92 Å². The van der Waals surface area contributed by atoms with Gasteiger partial charge in [-0.05, 0) is 39.3 Å². The number of pyridine rings is 1. The lowest BCUT2D eigenvalue weighted by atomic mass is 10.1. The lowest BCUT2D eigenvalue weighted by Crippen LogP contribution is -2.33. The number of hydrogen-bond acceptors (Lipinski definition) is 8. The molecule has 1 atom stereocenters. The average Bonchev–Trinajstić information content (AvgIpc) is 2.61. The van der Waals surface area contributed by atoms with Crippen molar-refractivity contribution in [2.24, 2.45) is 0 Å². The van der Waals surface area contributed by atoms with Crippen molar-refractivity contribution in [3.8, 4) is 0 Å². The lowest BCUT2D eigenvalue weighted by Gasteiger charge is -2.20. The summed E-state index contributed by atoms with van der Waals surface area (Å²) >= 11 is 1.56. The van der Waals surface area contributed by atoms with Crippen LogP contribution in [-0.4, -0.2) is 55.1 Å².